The van der Waals surface area contributed by atoms with Gasteiger partial charge in [0.15, 0.2) is 0 Å². The summed E-state index contributed by atoms with van der Waals surface area (Å²) in [6.45, 7) is 2.37. The van der Waals surface area contributed by atoms with Crippen LogP contribution in [0.3, 0.4) is 0 Å². The van der Waals surface area contributed by atoms with Crippen LogP contribution < -0.4 is 20.3 Å². The van der Waals surface area contributed by atoms with Gasteiger partial charge in [0.25, 0.3) is 0 Å². The number of methoxy groups -OCH3 is 1. The normalized spacial score (nSPS) is 14.7. The number of carbonyl (C=O) groups excluding carboxylic acids is 2. The zero-order chi connectivity index (χ0) is 20.3. The molecular weight excluding hydrogens is 385 g/mol. The molecule has 3 rings (SSSR count). The number of anilines is 3. The number of nitrogens with one attached hydrogen (secondary N) is 2. The lowest BCUT2D eigenvalue weighted by molar-refractivity contribution is -0.117. The average molecular weight is 406 g/mol. The molecule has 2 aromatic carbocycles. The van der Waals surface area contributed by atoms with E-state index in [0.29, 0.717) is 35.8 Å². The Hall–Kier alpha value is -2.80. The van der Waals surface area contributed by atoms with E-state index in [4.69, 9.17) is 16.3 Å². The third-order valence-electron chi connectivity index (χ3n) is 4.51. The second-order valence-electron chi connectivity index (χ2n) is 6.52. The number of rotatable bonds is 6. The van der Waals surface area contributed by atoms with Crippen molar-refractivity contribution in [1.82, 2.24) is 0 Å². The lowest BCUT2D eigenvalue weighted by Gasteiger charge is -2.21. The van der Waals surface area contributed by atoms with Crippen molar-refractivity contribution in [3.05, 3.63) is 47.2 Å². The number of hydrogen-bond donors (Lipinski definition) is 2. The maximum atomic E-state index is 13.2. The smallest absolute Gasteiger partial charge is 0.246 e. The lowest BCUT2D eigenvalue weighted by Crippen LogP contribution is -2.32. The van der Waals surface area contributed by atoms with Gasteiger partial charge in [0.05, 0.1) is 17.8 Å². The van der Waals surface area contributed by atoms with Crippen LogP contribution in [0, 0.1) is 5.82 Å². The number of ether oxygens (including phenoxy) is 1. The zero-order valence-electron chi connectivity index (χ0n) is 15.6. The Kier molecular flexibility index (Phi) is 6.04. The summed E-state index contributed by atoms with van der Waals surface area (Å²) in [5.74, 6) is -0.224. The van der Waals surface area contributed by atoms with E-state index in [9.17, 15) is 14.0 Å². The van der Waals surface area contributed by atoms with Crippen LogP contribution in [0.15, 0.2) is 36.4 Å². The number of hydrogen-bond acceptors (Lipinski definition) is 4. The molecule has 1 saturated heterocycles. The van der Waals surface area contributed by atoms with Crippen molar-refractivity contribution in [3.8, 4) is 5.75 Å². The van der Waals surface area contributed by atoms with Crippen LogP contribution in [0.4, 0.5) is 21.5 Å². The first-order valence-electron chi connectivity index (χ1n) is 8.90. The summed E-state index contributed by atoms with van der Waals surface area (Å²) in [5, 5.41) is 5.71. The molecule has 0 saturated carbocycles. The lowest BCUT2D eigenvalue weighted by atomic mass is 10.2. The Morgan fingerprint density at radius 1 is 1.25 bits per heavy atom. The van der Waals surface area contributed by atoms with E-state index in [-0.39, 0.29) is 16.8 Å². The molecule has 1 heterocycles. The predicted octanol–water partition coefficient (Wildman–Crippen LogP) is 4.05. The first-order chi connectivity index (χ1) is 13.4. The van der Waals surface area contributed by atoms with Crippen molar-refractivity contribution in [2.45, 2.75) is 25.8 Å². The van der Waals surface area contributed by atoms with Gasteiger partial charge in [0.2, 0.25) is 11.8 Å². The Morgan fingerprint density at radius 3 is 2.64 bits per heavy atom. The minimum atomic E-state index is -0.576. The first kappa shape index (κ1) is 19.9. The number of benzene rings is 2. The molecule has 148 valence electrons. The monoisotopic (exact) mass is 405 g/mol. The summed E-state index contributed by atoms with van der Waals surface area (Å²) in [4.78, 5) is 26.1. The van der Waals surface area contributed by atoms with E-state index in [1.54, 1.807) is 30.0 Å². The zero-order valence-corrected chi connectivity index (χ0v) is 16.3. The fourth-order valence-corrected chi connectivity index (χ4v) is 3.21. The van der Waals surface area contributed by atoms with Gasteiger partial charge in [-0.2, -0.15) is 0 Å². The quantitative estimate of drug-likeness (QED) is 0.760. The van der Waals surface area contributed by atoms with E-state index in [2.05, 4.69) is 10.6 Å². The van der Waals surface area contributed by atoms with E-state index < -0.39 is 11.9 Å². The SMILES string of the molecule is COc1cc(N[C@@H](C)C(=O)Nc2ccc(F)c(Cl)c2)ccc1N1CCCC1=O. The minimum absolute atomic E-state index is 0.0600. The molecule has 0 aromatic heterocycles. The summed E-state index contributed by atoms with van der Waals surface area (Å²) in [5.41, 5.74) is 1.80. The summed E-state index contributed by atoms with van der Waals surface area (Å²) < 4.78 is 18.7. The van der Waals surface area contributed by atoms with Gasteiger partial charge in [-0.05, 0) is 43.7 Å². The fraction of sp³-hybridized carbons (Fsp3) is 0.300. The third kappa shape index (κ3) is 4.36. The number of nitrogens with zero attached hydrogens (tertiary/aromatic N) is 1. The summed E-state index contributed by atoms with van der Waals surface area (Å²) in [6, 6.07) is 8.76. The molecule has 0 spiro atoms. The molecule has 1 atom stereocenters. The predicted molar refractivity (Wildman–Crippen MR) is 108 cm³/mol. The molecule has 1 aliphatic rings. The maximum Gasteiger partial charge on any atom is 0.246 e. The van der Waals surface area contributed by atoms with Crippen LogP contribution in [0.25, 0.3) is 0 Å². The number of carbonyl (C=O) groups is 2. The highest BCUT2D eigenvalue weighted by atomic mass is 35.5. The summed E-state index contributed by atoms with van der Waals surface area (Å²) in [7, 11) is 1.54. The topological polar surface area (TPSA) is 70.7 Å². The highest BCUT2D eigenvalue weighted by Gasteiger charge is 2.24. The maximum absolute atomic E-state index is 13.2. The van der Waals surface area contributed by atoms with E-state index >= 15 is 0 Å². The largest absolute Gasteiger partial charge is 0.494 e. The van der Waals surface area contributed by atoms with Gasteiger partial charge in [0.1, 0.15) is 17.6 Å². The van der Waals surface area contributed by atoms with Crippen molar-refractivity contribution < 1.29 is 18.7 Å². The Balaban J connectivity index is 1.69. The highest BCUT2D eigenvalue weighted by Crippen LogP contribution is 2.34. The Morgan fingerprint density at radius 2 is 2.00 bits per heavy atom. The molecule has 0 radical (unpaired) electrons. The number of halogens is 2. The molecular formula is C20H21ClFN3O3. The van der Waals surface area contributed by atoms with Crippen molar-refractivity contribution in [2.75, 3.05) is 29.2 Å². The molecule has 0 bridgehead atoms. The van der Waals surface area contributed by atoms with Gasteiger partial charge in [0, 0.05) is 30.4 Å². The molecule has 1 fully saturated rings. The molecule has 2 N–H and O–H groups in total. The van der Waals surface area contributed by atoms with Crippen LogP contribution in [-0.2, 0) is 9.59 Å². The van der Waals surface area contributed by atoms with Crippen LogP contribution in [0.5, 0.6) is 5.75 Å². The van der Waals surface area contributed by atoms with Gasteiger partial charge in [-0.25, -0.2) is 4.39 Å². The van der Waals surface area contributed by atoms with Gasteiger partial charge in [-0.1, -0.05) is 11.6 Å². The molecule has 2 amide bonds. The Bertz CT molecular complexity index is 906. The summed E-state index contributed by atoms with van der Waals surface area (Å²) in [6.07, 6.45) is 1.36. The van der Waals surface area contributed by atoms with Crippen molar-refractivity contribution in [3.63, 3.8) is 0 Å². The first-order valence-corrected chi connectivity index (χ1v) is 9.27. The van der Waals surface area contributed by atoms with Gasteiger partial charge < -0.3 is 20.3 Å². The highest BCUT2D eigenvalue weighted by molar-refractivity contribution is 6.31. The van der Waals surface area contributed by atoms with Crippen molar-refractivity contribution in [2.24, 2.45) is 0 Å². The van der Waals surface area contributed by atoms with Crippen LogP contribution in [0.2, 0.25) is 5.02 Å². The third-order valence-corrected chi connectivity index (χ3v) is 4.80. The van der Waals surface area contributed by atoms with E-state index in [0.717, 1.165) is 6.42 Å². The van der Waals surface area contributed by atoms with Gasteiger partial charge in [-0.15, -0.1) is 0 Å². The van der Waals surface area contributed by atoms with Crippen molar-refractivity contribution >= 4 is 40.5 Å². The van der Waals surface area contributed by atoms with Crippen LogP contribution in [-0.4, -0.2) is 31.5 Å². The average Bonchev–Trinajstić information content (AvgIpc) is 3.10. The molecule has 0 aliphatic carbocycles. The van der Waals surface area contributed by atoms with Crippen molar-refractivity contribution in [1.29, 1.82) is 0 Å². The fourth-order valence-electron chi connectivity index (χ4n) is 3.03. The second kappa shape index (κ2) is 8.48. The van der Waals surface area contributed by atoms with Gasteiger partial charge >= 0.3 is 0 Å². The van der Waals surface area contributed by atoms with Crippen LogP contribution >= 0.6 is 11.6 Å². The second-order valence-corrected chi connectivity index (χ2v) is 6.93. The Labute approximate surface area is 167 Å². The standard InChI is InChI=1S/C20H21ClFN3O3/c1-12(20(27)24-13-5-7-16(22)15(21)10-13)23-14-6-8-17(18(11-14)28-2)25-9-3-4-19(25)26/h5-8,10-12,23H,3-4,9H2,1-2H3,(H,24,27)/t12-/m0/s1. The van der Waals surface area contributed by atoms with E-state index in [1.807, 2.05) is 0 Å². The minimum Gasteiger partial charge on any atom is -0.494 e. The van der Waals surface area contributed by atoms with Gasteiger partial charge in [-0.3, -0.25) is 9.59 Å². The van der Waals surface area contributed by atoms with E-state index in [1.165, 1.54) is 25.3 Å². The van der Waals surface area contributed by atoms with Crippen LogP contribution in [0.1, 0.15) is 19.8 Å². The summed E-state index contributed by atoms with van der Waals surface area (Å²) >= 11 is 5.74. The molecule has 8 heteroatoms. The molecule has 6 nitrogen and oxygen atoms in total. The number of amides is 2. The molecule has 2 aromatic rings. The molecule has 0 unspecified atom stereocenters. The molecule has 1 aliphatic heterocycles. The molecule has 28 heavy (non-hydrogen) atoms.